The minimum Gasteiger partial charge on any atom is -0.481 e. The largest absolute Gasteiger partial charge is 0.573 e. The fourth-order valence-corrected chi connectivity index (χ4v) is 1.69. The zero-order chi connectivity index (χ0) is 15.5. The predicted molar refractivity (Wildman–Crippen MR) is 56.8 cm³/mol. The molecule has 1 aromatic heterocycles. The molecular weight excluding hydrogens is 313 g/mol. The molecule has 0 aliphatic heterocycles. The number of carboxylic acids is 1. The Morgan fingerprint density at radius 2 is 2.05 bits per heavy atom. The first-order valence-corrected chi connectivity index (χ1v) is 5.51. The van der Waals surface area contributed by atoms with Crippen molar-refractivity contribution in [1.29, 1.82) is 0 Å². The lowest BCUT2D eigenvalue weighted by Crippen LogP contribution is -2.20. The van der Waals surface area contributed by atoms with Gasteiger partial charge in [-0.25, -0.2) is 8.78 Å². The Hall–Kier alpha value is -1.64. The highest BCUT2D eigenvalue weighted by Crippen LogP contribution is 2.37. The number of nitrogens with zero attached hydrogens (tertiary/aromatic N) is 1. The van der Waals surface area contributed by atoms with Crippen LogP contribution in [0.2, 0.25) is 0 Å². The fraction of sp³-hybridized carbons (Fsp3) is 0.400. The van der Waals surface area contributed by atoms with Gasteiger partial charge in [0.1, 0.15) is 5.75 Å². The molecule has 1 N–H and O–H groups in total. The minimum atomic E-state index is -5.22. The molecule has 0 bridgehead atoms. The van der Waals surface area contributed by atoms with E-state index in [0.29, 0.717) is 6.20 Å². The summed E-state index contributed by atoms with van der Waals surface area (Å²) < 4.78 is 65.6. The van der Waals surface area contributed by atoms with E-state index in [1.54, 1.807) is 0 Å². The lowest BCUT2D eigenvalue weighted by Gasteiger charge is -2.17. The van der Waals surface area contributed by atoms with Crippen LogP contribution in [0.5, 0.6) is 5.75 Å². The van der Waals surface area contributed by atoms with Crippen LogP contribution in [0.1, 0.15) is 23.2 Å². The number of carbonyl (C=O) groups is 1. The summed E-state index contributed by atoms with van der Waals surface area (Å²) in [6, 6.07) is 0. The zero-order valence-electron chi connectivity index (χ0n) is 9.55. The molecule has 0 aliphatic rings. The quantitative estimate of drug-likeness (QED) is 0.668. The third kappa shape index (κ3) is 4.19. The van der Waals surface area contributed by atoms with E-state index in [-0.39, 0.29) is 5.69 Å². The lowest BCUT2D eigenvalue weighted by molar-refractivity contribution is -0.275. The summed E-state index contributed by atoms with van der Waals surface area (Å²) in [7, 11) is 0. The van der Waals surface area contributed by atoms with Gasteiger partial charge in [0.15, 0.2) is 0 Å². The number of rotatable bonds is 5. The van der Waals surface area contributed by atoms with Gasteiger partial charge in [-0.2, -0.15) is 0 Å². The van der Waals surface area contributed by atoms with Crippen molar-refractivity contribution in [2.75, 3.05) is 0 Å². The van der Waals surface area contributed by atoms with Crippen LogP contribution in [-0.2, 0) is 17.1 Å². The molecule has 0 saturated heterocycles. The Bertz CT molecular complexity index is 506. The van der Waals surface area contributed by atoms with E-state index in [2.05, 4.69) is 9.72 Å². The molecule has 0 aromatic carbocycles. The van der Waals surface area contributed by atoms with Gasteiger partial charge in [-0.05, 0) is 0 Å². The second kappa shape index (κ2) is 6.21. The standard InChI is InChI=1S/C10H7ClF5NO3/c11-2-4-6(1-7(18)19)17-3-5(9(12)13)8(4)20-10(14,15)16/h3,9H,1-2H2,(H,18,19). The third-order valence-corrected chi connectivity index (χ3v) is 2.42. The molecule has 1 heterocycles. The number of alkyl halides is 6. The van der Waals surface area contributed by atoms with E-state index in [0.717, 1.165) is 0 Å². The van der Waals surface area contributed by atoms with Gasteiger partial charge < -0.3 is 9.84 Å². The predicted octanol–water partition coefficient (Wildman–Crippen LogP) is 3.28. The molecule has 0 saturated carbocycles. The first-order chi connectivity index (χ1) is 9.15. The Morgan fingerprint density at radius 3 is 2.45 bits per heavy atom. The SMILES string of the molecule is O=C(O)Cc1ncc(C(F)F)c(OC(F)(F)F)c1CCl. The van der Waals surface area contributed by atoms with Crippen molar-refractivity contribution in [3.8, 4) is 5.75 Å². The summed E-state index contributed by atoms with van der Waals surface area (Å²) in [5.74, 6) is -3.25. The smallest absolute Gasteiger partial charge is 0.481 e. The van der Waals surface area contributed by atoms with Gasteiger partial charge >= 0.3 is 12.3 Å². The zero-order valence-corrected chi connectivity index (χ0v) is 10.3. The highest BCUT2D eigenvalue weighted by molar-refractivity contribution is 6.17. The van der Waals surface area contributed by atoms with Gasteiger partial charge in [0.25, 0.3) is 6.43 Å². The Labute approximate surface area is 114 Å². The number of halogens is 6. The average Bonchev–Trinajstić information content (AvgIpc) is 2.25. The molecule has 0 amide bonds. The monoisotopic (exact) mass is 319 g/mol. The van der Waals surface area contributed by atoms with Crippen molar-refractivity contribution in [3.05, 3.63) is 23.0 Å². The van der Waals surface area contributed by atoms with Crippen LogP contribution in [0, 0.1) is 0 Å². The van der Waals surface area contributed by atoms with Crippen molar-refractivity contribution in [2.45, 2.75) is 25.1 Å². The van der Waals surface area contributed by atoms with Crippen LogP contribution >= 0.6 is 11.6 Å². The summed E-state index contributed by atoms with van der Waals surface area (Å²) in [6.45, 7) is 0. The van der Waals surface area contributed by atoms with Crippen molar-refractivity contribution >= 4 is 17.6 Å². The Kier molecular flexibility index (Phi) is 5.09. The average molecular weight is 320 g/mol. The van der Waals surface area contributed by atoms with Crippen molar-refractivity contribution in [2.24, 2.45) is 0 Å². The van der Waals surface area contributed by atoms with Crippen LogP contribution < -0.4 is 4.74 Å². The van der Waals surface area contributed by atoms with Crippen molar-refractivity contribution in [1.82, 2.24) is 4.98 Å². The maximum Gasteiger partial charge on any atom is 0.573 e. The fourth-order valence-electron chi connectivity index (χ4n) is 1.41. The summed E-state index contributed by atoms with van der Waals surface area (Å²) in [4.78, 5) is 14.0. The van der Waals surface area contributed by atoms with Crippen LogP contribution in [0.25, 0.3) is 0 Å². The van der Waals surface area contributed by atoms with Crippen LogP contribution in [-0.4, -0.2) is 22.4 Å². The number of aliphatic carboxylic acids is 1. The van der Waals surface area contributed by atoms with Crippen molar-refractivity contribution in [3.63, 3.8) is 0 Å². The van der Waals surface area contributed by atoms with Gasteiger partial charge in [-0.15, -0.1) is 24.8 Å². The molecular formula is C10H7ClF5NO3. The lowest BCUT2D eigenvalue weighted by atomic mass is 10.1. The first kappa shape index (κ1) is 16.4. The number of pyridine rings is 1. The van der Waals surface area contributed by atoms with Crippen LogP contribution in [0.4, 0.5) is 22.0 Å². The highest BCUT2D eigenvalue weighted by atomic mass is 35.5. The van der Waals surface area contributed by atoms with E-state index in [4.69, 9.17) is 16.7 Å². The Balaban J connectivity index is 3.41. The maximum atomic E-state index is 12.7. The molecule has 112 valence electrons. The van der Waals surface area contributed by atoms with E-state index >= 15 is 0 Å². The van der Waals surface area contributed by atoms with Gasteiger partial charge in [-0.1, -0.05) is 0 Å². The number of hydrogen-bond acceptors (Lipinski definition) is 3. The molecule has 0 aliphatic carbocycles. The second-order valence-corrected chi connectivity index (χ2v) is 3.79. The first-order valence-electron chi connectivity index (χ1n) is 4.98. The van der Waals surface area contributed by atoms with Crippen LogP contribution in [0.3, 0.4) is 0 Å². The molecule has 0 fully saturated rings. The maximum absolute atomic E-state index is 12.7. The molecule has 4 nitrogen and oxygen atoms in total. The summed E-state index contributed by atoms with van der Waals surface area (Å²) >= 11 is 5.40. The van der Waals surface area contributed by atoms with E-state index in [1.165, 1.54) is 0 Å². The molecule has 0 spiro atoms. The molecule has 0 radical (unpaired) electrons. The van der Waals surface area contributed by atoms with Crippen LogP contribution in [0.15, 0.2) is 6.20 Å². The Morgan fingerprint density at radius 1 is 1.45 bits per heavy atom. The van der Waals surface area contributed by atoms with Gasteiger partial charge in [0.05, 0.1) is 23.6 Å². The highest BCUT2D eigenvalue weighted by Gasteiger charge is 2.35. The number of carboxylic acid groups (broad SMARTS) is 1. The van der Waals surface area contributed by atoms with E-state index in [1.807, 2.05) is 0 Å². The molecule has 20 heavy (non-hydrogen) atoms. The van der Waals surface area contributed by atoms with Gasteiger partial charge in [-0.3, -0.25) is 9.78 Å². The van der Waals surface area contributed by atoms with E-state index in [9.17, 15) is 26.7 Å². The number of aromatic nitrogens is 1. The molecule has 10 heteroatoms. The van der Waals surface area contributed by atoms with Gasteiger partial charge in [0, 0.05) is 11.8 Å². The number of ether oxygens (including phenoxy) is 1. The van der Waals surface area contributed by atoms with E-state index < -0.39 is 47.9 Å². The summed E-state index contributed by atoms with van der Waals surface area (Å²) in [5.41, 5.74) is -1.99. The molecule has 1 aromatic rings. The minimum absolute atomic E-state index is 0.365. The molecule has 0 atom stereocenters. The normalized spacial score (nSPS) is 11.8. The second-order valence-electron chi connectivity index (χ2n) is 3.52. The summed E-state index contributed by atoms with van der Waals surface area (Å²) in [5, 5.41) is 8.59. The molecule has 1 rings (SSSR count). The number of hydrogen-bond donors (Lipinski definition) is 1. The van der Waals surface area contributed by atoms with Gasteiger partial charge in [0.2, 0.25) is 0 Å². The summed E-state index contributed by atoms with van der Waals surface area (Å²) in [6.07, 6.45) is -8.81. The topological polar surface area (TPSA) is 59.4 Å². The van der Waals surface area contributed by atoms with Crippen molar-refractivity contribution < 1.29 is 36.6 Å². The third-order valence-electron chi connectivity index (χ3n) is 2.15. The molecule has 0 unspecified atom stereocenters.